The number of amides is 2. The van der Waals surface area contributed by atoms with Crippen LogP contribution in [0.15, 0.2) is 36.7 Å². The van der Waals surface area contributed by atoms with Gasteiger partial charge in [-0.1, -0.05) is 17.9 Å². The number of carbonyl (C=O) groups excluding carboxylic acids is 1. The number of hydrogen-bond donors (Lipinski definition) is 3. The molecule has 3 rings (SSSR count). The van der Waals surface area contributed by atoms with Gasteiger partial charge in [-0.2, -0.15) is 0 Å². The molecule has 27 heavy (non-hydrogen) atoms. The molecule has 0 saturated carbocycles. The molecule has 4 N–H and O–H groups in total. The van der Waals surface area contributed by atoms with Gasteiger partial charge in [0, 0.05) is 49.8 Å². The average molecular weight is 366 g/mol. The summed E-state index contributed by atoms with van der Waals surface area (Å²) in [5.41, 5.74) is 7.58. The molecule has 1 aromatic heterocycles. The van der Waals surface area contributed by atoms with Crippen molar-refractivity contribution < 1.29 is 9.53 Å². The SMILES string of the molecule is Nc1ncc(C#Cc2cccc(NC(=O)NCCN3CCOCC3)c2)cn1. The van der Waals surface area contributed by atoms with Crippen LogP contribution in [0.5, 0.6) is 0 Å². The third kappa shape index (κ3) is 6.26. The van der Waals surface area contributed by atoms with E-state index in [9.17, 15) is 4.79 Å². The van der Waals surface area contributed by atoms with Gasteiger partial charge in [0.05, 0.1) is 18.8 Å². The number of anilines is 2. The first-order chi connectivity index (χ1) is 13.2. The van der Waals surface area contributed by atoms with Crippen LogP contribution in [0.4, 0.5) is 16.4 Å². The fourth-order valence-electron chi connectivity index (χ4n) is 2.55. The maximum atomic E-state index is 12.0. The van der Waals surface area contributed by atoms with Crippen molar-refractivity contribution in [3.63, 3.8) is 0 Å². The molecule has 0 aliphatic carbocycles. The second kappa shape index (κ2) is 9.52. The van der Waals surface area contributed by atoms with Crippen LogP contribution in [0, 0.1) is 11.8 Å². The molecular formula is C19H22N6O2. The fraction of sp³-hybridized carbons (Fsp3) is 0.316. The highest BCUT2D eigenvalue weighted by atomic mass is 16.5. The largest absolute Gasteiger partial charge is 0.379 e. The van der Waals surface area contributed by atoms with Crippen molar-refractivity contribution in [1.82, 2.24) is 20.2 Å². The number of carbonyl (C=O) groups is 1. The zero-order valence-corrected chi connectivity index (χ0v) is 14.9. The van der Waals surface area contributed by atoms with Crippen molar-refractivity contribution in [2.45, 2.75) is 0 Å². The molecule has 2 aromatic rings. The minimum absolute atomic E-state index is 0.214. The number of ether oxygens (including phenoxy) is 1. The molecule has 0 spiro atoms. The van der Waals surface area contributed by atoms with Crippen LogP contribution in [0.1, 0.15) is 11.1 Å². The van der Waals surface area contributed by atoms with E-state index in [-0.39, 0.29) is 12.0 Å². The lowest BCUT2D eigenvalue weighted by Gasteiger charge is -2.26. The fourth-order valence-corrected chi connectivity index (χ4v) is 2.55. The first-order valence-corrected chi connectivity index (χ1v) is 8.73. The molecule has 1 aliphatic rings. The maximum absolute atomic E-state index is 12.0. The molecule has 8 nitrogen and oxygen atoms in total. The second-order valence-electron chi connectivity index (χ2n) is 6.00. The van der Waals surface area contributed by atoms with Crippen LogP contribution in [0.3, 0.4) is 0 Å². The number of benzene rings is 1. The van der Waals surface area contributed by atoms with Gasteiger partial charge in [0.1, 0.15) is 0 Å². The van der Waals surface area contributed by atoms with E-state index in [1.54, 1.807) is 12.4 Å². The Balaban J connectivity index is 1.49. The molecule has 1 fully saturated rings. The molecule has 0 radical (unpaired) electrons. The third-order valence-electron chi connectivity index (χ3n) is 3.96. The average Bonchev–Trinajstić information content (AvgIpc) is 2.69. The Morgan fingerprint density at radius 2 is 1.93 bits per heavy atom. The molecule has 0 unspecified atom stereocenters. The molecule has 8 heteroatoms. The number of nitrogens with two attached hydrogens (primary N) is 1. The van der Waals surface area contributed by atoms with E-state index in [0.29, 0.717) is 17.8 Å². The Bertz CT molecular complexity index is 822. The molecule has 1 aliphatic heterocycles. The number of urea groups is 1. The lowest BCUT2D eigenvalue weighted by atomic mass is 10.2. The molecule has 140 valence electrons. The monoisotopic (exact) mass is 366 g/mol. The Hall–Kier alpha value is -3.15. The van der Waals surface area contributed by atoms with Gasteiger partial charge in [-0.3, -0.25) is 4.90 Å². The van der Waals surface area contributed by atoms with Crippen molar-refractivity contribution in [3.05, 3.63) is 47.8 Å². The quantitative estimate of drug-likeness (QED) is 0.695. The molecule has 0 bridgehead atoms. The van der Waals surface area contributed by atoms with Gasteiger partial charge in [-0.05, 0) is 18.2 Å². The first-order valence-electron chi connectivity index (χ1n) is 8.73. The number of nitrogen functional groups attached to an aromatic ring is 1. The van der Waals surface area contributed by atoms with E-state index < -0.39 is 0 Å². The highest BCUT2D eigenvalue weighted by Crippen LogP contribution is 2.10. The number of nitrogens with one attached hydrogen (secondary N) is 2. The van der Waals surface area contributed by atoms with Crippen LogP contribution in [-0.2, 0) is 4.74 Å². The zero-order chi connectivity index (χ0) is 18.9. The minimum Gasteiger partial charge on any atom is -0.379 e. The van der Waals surface area contributed by atoms with E-state index in [1.165, 1.54) is 0 Å². The molecule has 1 saturated heterocycles. The highest BCUT2D eigenvalue weighted by Gasteiger charge is 2.10. The first kappa shape index (κ1) is 18.6. The zero-order valence-electron chi connectivity index (χ0n) is 14.9. The summed E-state index contributed by atoms with van der Waals surface area (Å²) < 4.78 is 5.31. The summed E-state index contributed by atoms with van der Waals surface area (Å²) in [6, 6.07) is 7.10. The Morgan fingerprint density at radius 3 is 2.70 bits per heavy atom. The minimum atomic E-state index is -0.236. The molecule has 2 heterocycles. The number of morpholine rings is 1. The van der Waals surface area contributed by atoms with Crippen molar-refractivity contribution >= 4 is 17.7 Å². The molecule has 0 atom stereocenters. The second-order valence-corrected chi connectivity index (χ2v) is 6.00. The summed E-state index contributed by atoms with van der Waals surface area (Å²) in [5, 5.41) is 5.69. The van der Waals surface area contributed by atoms with E-state index >= 15 is 0 Å². The van der Waals surface area contributed by atoms with Gasteiger partial charge < -0.3 is 21.1 Å². The molecule has 1 aromatic carbocycles. The van der Waals surface area contributed by atoms with Gasteiger partial charge in [0.15, 0.2) is 0 Å². The molecule has 2 amide bonds. The van der Waals surface area contributed by atoms with Crippen molar-refractivity contribution in [2.24, 2.45) is 0 Å². The lowest BCUT2D eigenvalue weighted by molar-refractivity contribution is 0.0388. The number of nitrogens with zero attached hydrogens (tertiary/aromatic N) is 3. The summed E-state index contributed by atoms with van der Waals surface area (Å²) in [5.74, 6) is 6.20. The highest BCUT2D eigenvalue weighted by molar-refractivity contribution is 5.89. The van der Waals surface area contributed by atoms with Gasteiger partial charge in [-0.25, -0.2) is 14.8 Å². The standard InChI is InChI=1S/C19H22N6O2/c20-18-22-13-16(14-23-18)5-4-15-2-1-3-17(12-15)24-19(26)21-6-7-25-8-10-27-11-9-25/h1-3,12-14H,6-11H2,(H2,20,22,23)(H2,21,24,26). The summed E-state index contributed by atoms with van der Waals surface area (Å²) in [6.07, 6.45) is 3.14. The lowest BCUT2D eigenvalue weighted by Crippen LogP contribution is -2.42. The van der Waals surface area contributed by atoms with Crippen LogP contribution < -0.4 is 16.4 Å². The number of aromatic nitrogens is 2. The van der Waals surface area contributed by atoms with Gasteiger partial charge in [0.2, 0.25) is 5.95 Å². The van der Waals surface area contributed by atoms with E-state index in [0.717, 1.165) is 38.4 Å². The summed E-state index contributed by atoms with van der Waals surface area (Å²) in [7, 11) is 0. The smallest absolute Gasteiger partial charge is 0.319 e. The third-order valence-corrected chi connectivity index (χ3v) is 3.96. The van der Waals surface area contributed by atoms with E-state index in [4.69, 9.17) is 10.5 Å². The van der Waals surface area contributed by atoms with Crippen LogP contribution in [0.2, 0.25) is 0 Å². The van der Waals surface area contributed by atoms with Crippen molar-refractivity contribution in [2.75, 3.05) is 50.4 Å². The maximum Gasteiger partial charge on any atom is 0.319 e. The van der Waals surface area contributed by atoms with Gasteiger partial charge >= 0.3 is 6.03 Å². The van der Waals surface area contributed by atoms with E-state index in [2.05, 4.69) is 37.3 Å². The molecular weight excluding hydrogens is 344 g/mol. The Kier molecular flexibility index (Phi) is 6.57. The number of hydrogen-bond acceptors (Lipinski definition) is 6. The summed E-state index contributed by atoms with van der Waals surface area (Å²) in [6.45, 7) is 4.71. The number of rotatable bonds is 4. The Morgan fingerprint density at radius 1 is 1.19 bits per heavy atom. The predicted molar refractivity (Wildman–Crippen MR) is 103 cm³/mol. The normalized spacial score (nSPS) is 14.1. The van der Waals surface area contributed by atoms with E-state index in [1.807, 2.05) is 24.3 Å². The van der Waals surface area contributed by atoms with Crippen molar-refractivity contribution in [1.29, 1.82) is 0 Å². The van der Waals surface area contributed by atoms with Gasteiger partial charge in [0.25, 0.3) is 0 Å². The topological polar surface area (TPSA) is 105 Å². The van der Waals surface area contributed by atoms with Crippen LogP contribution in [-0.4, -0.2) is 60.3 Å². The van der Waals surface area contributed by atoms with Crippen LogP contribution >= 0.6 is 0 Å². The Labute approximate surface area is 158 Å². The van der Waals surface area contributed by atoms with Gasteiger partial charge in [-0.15, -0.1) is 0 Å². The predicted octanol–water partition coefficient (Wildman–Crippen LogP) is 0.912. The summed E-state index contributed by atoms with van der Waals surface area (Å²) in [4.78, 5) is 22.1. The van der Waals surface area contributed by atoms with Crippen LogP contribution in [0.25, 0.3) is 0 Å². The van der Waals surface area contributed by atoms with Crippen molar-refractivity contribution in [3.8, 4) is 11.8 Å². The summed E-state index contributed by atoms with van der Waals surface area (Å²) >= 11 is 0.